The van der Waals surface area contributed by atoms with Gasteiger partial charge in [0.25, 0.3) is 0 Å². The summed E-state index contributed by atoms with van der Waals surface area (Å²) >= 11 is 0. The summed E-state index contributed by atoms with van der Waals surface area (Å²) in [6.07, 6.45) is -1.16. The third-order valence-corrected chi connectivity index (χ3v) is 3.43. The van der Waals surface area contributed by atoms with Crippen molar-refractivity contribution in [3.8, 4) is 5.75 Å². The molecule has 0 amide bonds. The standard InChI is InChI=1S/C15H20BNO7/c1-9(18)21-7-11(23-10(2)19)8-22-13-5-3-4-12-14(6-17)24-16(20)15(12)13/h3-5,11,14,20H,6-8,17H2,1-2H3/t11-,14-/m1/s1. The Morgan fingerprint density at radius 1 is 1.33 bits per heavy atom. The molecule has 9 heteroatoms. The van der Waals surface area contributed by atoms with E-state index in [-0.39, 0.29) is 19.8 Å². The van der Waals surface area contributed by atoms with E-state index < -0.39 is 31.3 Å². The van der Waals surface area contributed by atoms with Crippen LogP contribution in [0.2, 0.25) is 0 Å². The smallest absolute Gasteiger partial charge is 0.490 e. The lowest BCUT2D eigenvalue weighted by Crippen LogP contribution is -2.33. The van der Waals surface area contributed by atoms with Crippen LogP contribution in [-0.4, -0.2) is 49.9 Å². The number of benzene rings is 1. The molecule has 2 rings (SSSR count). The normalized spacial score (nSPS) is 17.2. The van der Waals surface area contributed by atoms with Crippen LogP contribution in [0.25, 0.3) is 0 Å². The summed E-state index contributed by atoms with van der Waals surface area (Å²) in [5.74, 6) is -0.598. The minimum Gasteiger partial charge on any atom is -0.490 e. The maximum atomic E-state index is 11.1. The number of esters is 2. The van der Waals surface area contributed by atoms with E-state index in [2.05, 4.69) is 0 Å². The third-order valence-electron chi connectivity index (χ3n) is 3.43. The Labute approximate surface area is 140 Å². The van der Waals surface area contributed by atoms with Crippen LogP contribution < -0.4 is 15.9 Å². The first-order valence-corrected chi connectivity index (χ1v) is 7.52. The van der Waals surface area contributed by atoms with Crippen molar-refractivity contribution in [1.82, 2.24) is 0 Å². The van der Waals surface area contributed by atoms with Crippen molar-refractivity contribution in [2.24, 2.45) is 5.73 Å². The summed E-state index contributed by atoms with van der Waals surface area (Å²) in [7, 11) is -1.13. The fraction of sp³-hybridized carbons (Fsp3) is 0.467. The maximum Gasteiger partial charge on any atom is 0.495 e. The summed E-state index contributed by atoms with van der Waals surface area (Å²) in [6, 6.07) is 5.23. The van der Waals surface area contributed by atoms with Crippen LogP contribution in [0.15, 0.2) is 18.2 Å². The monoisotopic (exact) mass is 337 g/mol. The zero-order valence-corrected chi connectivity index (χ0v) is 13.6. The summed E-state index contributed by atoms with van der Waals surface area (Å²) < 4.78 is 20.9. The number of carbonyl (C=O) groups excluding carboxylic acids is 2. The molecule has 8 nitrogen and oxygen atoms in total. The molecule has 2 atom stereocenters. The molecule has 0 radical (unpaired) electrons. The van der Waals surface area contributed by atoms with Gasteiger partial charge in [-0.05, 0) is 11.6 Å². The highest BCUT2D eigenvalue weighted by molar-refractivity contribution is 6.62. The van der Waals surface area contributed by atoms with Crippen molar-refractivity contribution in [1.29, 1.82) is 0 Å². The highest BCUT2D eigenvalue weighted by Crippen LogP contribution is 2.26. The molecule has 1 aromatic carbocycles. The van der Waals surface area contributed by atoms with Gasteiger partial charge in [0.1, 0.15) is 19.0 Å². The van der Waals surface area contributed by atoms with E-state index in [0.29, 0.717) is 11.2 Å². The van der Waals surface area contributed by atoms with Crippen molar-refractivity contribution < 1.29 is 33.5 Å². The Morgan fingerprint density at radius 2 is 2.08 bits per heavy atom. The Morgan fingerprint density at radius 3 is 2.71 bits per heavy atom. The SMILES string of the molecule is CC(=O)OC[C@H](COc1cccc2c1B(O)O[C@@H]2CN)OC(C)=O. The molecule has 24 heavy (non-hydrogen) atoms. The predicted molar refractivity (Wildman–Crippen MR) is 84.6 cm³/mol. The zero-order valence-electron chi connectivity index (χ0n) is 13.6. The van der Waals surface area contributed by atoms with E-state index in [9.17, 15) is 14.6 Å². The molecule has 130 valence electrons. The second-order valence-electron chi connectivity index (χ2n) is 5.32. The van der Waals surface area contributed by atoms with Crippen molar-refractivity contribution in [3.05, 3.63) is 23.8 Å². The molecule has 0 aliphatic carbocycles. The van der Waals surface area contributed by atoms with Gasteiger partial charge in [0.15, 0.2) is 6.10 Å². The lowest BCUT2D eigenvalue weighted by Gasteiger charge is -2.18. The van der Waals surface area contributed by atoms with Crippen LogP contribution in [0.3, 0.4) is 0 Å². The molecule has 0 saturated heterocycles. The number of fused-ring (bicyclic) bond motifs is 1. The number of ether oxygens (including phenoxy) is 3. The maximum absolute atomic E-state index is 11.1. The number of hydrogen-bond acceptors (Lipinski definition) is 8. The minimum absolute atomic E-state index is 0.0384. The van der Waals surface area contributed by atoms with E-state index in [1.807, 2.05) is 0 Å². The first-order chi connectivity index (χ1) is 11.4. The highest BCUT2D eigenvalue weighted by Gasteiger charge is 2.37. The van der Waals surface area contributed by atoms with E-state index in [0.717, 1.165) is 5.56 Å². The van der Waals surface area contributed by atoms with Gasteiger partial charge in [-0.3, -0.25) is 9.59 Å². The molecule has 1 aliphatic heterocycles. The summed E-state index contributed by atoms with van der Waals surface area (Å²) in [4.78, 5) is 22.0. The lowest BCUT2D eigenvalue weighted by atomic mass is 9.78. The van der Waals surface area contributed by atoms with E-state index >= 15 is 0 Å². The number of carbonyl (C=O) groups is 2. The fourth-order valence-electron chi connectivity index (χ4n) is 2.46. The van der Waals surface area contributed by atoms with Gasteiger partial charge in [-0.1, -0.05) is 12.1 Å². The number of hydrogen-bond donors (Lipinski definition) is 2. The van der Waals surface area contributed by atoms with Crippen LogP contribution in [0.1, 0.15) is 25.5 Å². The molecular weight excluding hydrogens is 317 g/mol. The van der Waals surface area contributed by atoms with Gasteiger partial charge in [-0.2, -0.15) is 0 Å². The largest absolute Gasteiger partial charge is 0.495 e. The second kappa shape index (κ2) is 8.14. The van der Waals surface area contributed by atoms with Crippen LogP contribution in [0, 0.1) is 0 Å². The van der Waals surface area contributed by atoms with E-state index in [1.165, 1.54) is 13.8 Å². The first-order valence-electron chi connectivity index (χ1n) is 7.52. The molecular formula is C15H20BNO7. The van der Waals surface area contributed by atoms with Gasteiger partial charge in [0.2, 0.25) is 0 Å². The molecule has 1 aromatic rings. The number of nitrogens with two attached hydrogens (primary N) is 1. The highest BCUT2D eigenvalue weighted by atomic mass is 16.6. The van der Waals surface area contributed by atoms with E-state index in [1.54, 1.807) is 18.2 Å². The van der Waals surface area contributed by atoms with Crippen molar-refractivity contribution >= 4 is 24.5 Å². The third kappa shape index (κ3) is 4.47. The Bertz CT molecular complexity index is 609. The molecule has 1 heterocycles. The van der Waals surface area contributed by atoms with Gasteiger partial charge in [0.05, 0.1) is 6.10 Å². The predicted octanol–water partition coefficient (Wildman–Crippen LogP) is -0.722. The van der Waals surface area contributed by atoms with Crippen LogP contribution in [-0.2, 0) is 23.7 Å². The summed E-state index contributed by atoms with van der Waals surface area (Å²) in [6.45, 7) is 2.59. The first kappa shape index (κ1) is 18.2. The van der Waals surface area contributed by atoms with Crippen LogP contribution in [0.5, 0.6) is 5.75 Å². The molecule has 0 fully saturated rings. The molecule has 0 bridgehead atoms. The lowest BCUT2D eigenvalue weighted by molar-refractivity contribution is -0.158. The zero-order chi connectivity index (χ0) is 17.7. The summed E-state index contributed by atoms with van der Waals surface area (Å²) in [5.41, 5.74) is 6.88. The molecule has 0 unspecified atom stereocenters. The van der Waals surface area contributed by atoms with Crippen LogP contribution in [0.4, 0.5) is 0 Å². The minimum atomic E-state index is -1.13. The van der Waals surface area contributed by atoms with E-state index in [4.69, 9.17) is 24.6 Å². The average Bonchev–Trinajstić information content (AvgIpc) is 2.86. The van der Waals surface area contributed by atoms with Gasteiger partial charge in [0, 0.05) is 25.9 Å². The van der Waals surface area contributed by atoms with Crippen molar-refractivity contribution in [3.63, 3.8) is 0 Å². The van der Waals surface area contributed by atoms with Gasteiger partial charge in [-0.25, -0.2) is 0 Å². The van der Waals surface area contributed by atoms with Gasteiger partial charge < -0.3 is 29.6 Å². The molecule has 0 aromatic heterocycles. The molecule has 0 spiro atoms. The summed E-state index contributed by atoms with van der Waals surface area (Å²) in [5, 5.41) is 10.0. The van der Waals surface area contributed by atoms with Crippen LogP contribution >= 0.6 is 0 Å². The number of rotatable bonds is 7. The Balaban J connectivity index is 2.08. The topological polar surface area (TPSA) is 117 Å². The molecule has 1 aliphatic rings. The Hall–Kier alpha value is -2.10. The quantitative estimate of drug-likeness (QED) is 0.494. The van der Waals surface area contributed by atoms with Crippen molar-refractivity contribution in [2.75, 3.05) is 19.8 Å². The average molecular weight is 337 g/mol. The fourth-order valence-corrected chi connectivity index (χ4v) is 2.46. The Kier molecular flexibility index (Phi) is 6.19. The van der Waals surface area contributed by atoms with Gasteiger partial charge >= 0.3 is 19.1 Å². The molecule has 3 N–H and O–H groups in total. The second-order valence-corrected chi connectivity index (χ2v) is 5.32. The van der Waals surface area contributed by atoms with Gasteiger partial charge in [-0.15, -0.1) is 0 Å². The van der Waals surface area contributed by atoms with Crippen molar-refractivity contribution in [2.45, 2.75) is 26.1 Å². The molecule has 0 saturated carbocycles.